The van der Waals surface area contributed by atoms with Gasteiger partial charge in [-0.05, 0) is 26.4 Å². The smallest absolute Gasteiger partial charge is 0.387 e. The SMILES string of the molecule is CNCCCCCCNP(=O)(O)OP(=O)(O)OP(=O)(O)OC[C@H]1O[C@@H](n2cnc3c(N)ncnc32)[C@H](O)[C@@H]1O. The Morgan fingerprint density at radius 1 is 1.00 bits per heavy atom. The number of phosphoric ester groups is 1. The number of hydrogen-bond acceptors (Lipinski definition) is 14. The Hall–Kier alpha value is -1.40. The summed E-state index contributed by atoms with van der Waals surface area (Å²) in [6.45, 7) is -0.121. The van der Waals surface area contributed by atoms with Crippen molar-refractivity contribution in [2.75, 3.05) is 32.5 Å². The van der Waals surface area contributed by atoms with Crippen LogP contribution < -0.4 is 16.1 Å². The molecule has 0 spiro atoms. The minimum absolute atomic E-state index is 0.0359. The van der Waals surface area contributed by atoms with Crippen molar-refractivity contribution < 1.29 is 56.5 Å². The van der Waals surface area contributed by atoms with Crippen LogP contribution in [0.1, 0.15) is 31.9 Å². The number of fused-ring (bicyclic) bond motifs is 1. The van der Waals surface area contributed by atoms with E-state index in [2.05, 4.69) is 38.5 Å². The number of imidazole rings is 1. The first-order valence-electron chi connectivity index (χ1n) is 11.7. The van der Waals surface area contributed by atoms with Crippen LogP contribution in [0.2, 0.25) is 0 Å². The van der Waals surface area contributed by atoms with Gasteiger partial charge in [-0.2, -0.15) is 8.62 Å². The van der Waals surface area contributed by atoms with E-state index in [9.17, 15) is 38.6 Å². The molecule has 1 saturated heterocycles. The molecule has 22 heteroatoms. The average molecular weight is 619 g/mol. The van der Waals surface area contributed by atoms with Crippen molar-refractivity contribution in [2.45, 2.75) is 50.2 Å². The largest absolute Gasteiger partial charge is 0.489 e. The van der Waals surface area contributed by atoms with Crippen LogP contribution in [0.4, 0.5) is 5.82 Å². The fraction of sp³-hybridized carbons (Fsp3) is 0.706. The normalized spacial score (nSPS) is 26.3. The number of nitrogens with one attached hydrogen (secondary N) is 2. The van der Waals surface area contributed by atoms with Gasteiger partial charge in [0.2, 0.25) is 0 Å². The summed E-state index contributed by atoms with van der Waals surface area (Å²) in [4.78, 5) is 41.1. The van der Waals surface area contributed by atoms with Crippen LogP contribution in [-0.2, 0) is 31.6 Å². The van der Waals surface area contributed by atoms with Crippen molar-refractivity contribution in [3.05, 3.63) is 12.7 Å². The van der Waals surface area contributed by atoms with Crippen LogP contribution in [0.5, 0.6) is 0 Å². The van der Waals surface area contributed by atoms with E-state index in [0.29, 0.717) is 12.8 Å². The number of hydrogen-bond donors (Lipinski definition) is 8. The summed E-state index contributed by atoms with van der Waals surface area (Å²) >= 11 is 0. The Morgan fingerprint density at radius 3 is 2.38 bits per heavy atom. The summed E-state index contributed by atoms with van der Waals surface area (Å²) < 4.78 is 56.0. The van der Waals surface area contributed by atoms with Crippen molar-refractivity contribution in [1.29, 1.82) is 0 Å². The summed E-state index contributed by atoms with van der Waals surface area (Å²) in [6, 6.07) is 0. The molecule has 1 fully saturated rings. The van der Waals surface area contributed by atoms with E-state index in [4.69, 9.17) is 10.5 Å². The number of rotatable bonds is 16. The Bertz CT molecular complexity index is 1250. The number of anilines is 1. The van der Waals surface area contributed by atoms with E-state index >= 15 is 0 Å². The highest BCUT2D eigenvalue weighted by molar-refractivity contribution is 7.67. The zero-order valence-electron chi connectivity index (χ0n) is 20.7. The molecule has 0 saturated carbocycles. The lowest BCUT2D eigenvalue weighted by atomic mass is 10.1. The molecule has 2 aromatic heterocycles. The molecule has 0 aromatic carbocycles. The molecule has 3 heterocycles. The first kappa shape index (κ1) is 32.1. The molecular weight excluding hydrogens is 587 g/mol. The zero-order valence-corrected chi connectivity index (χ0v) is 23.4. The van der Waals surface area contributed by atoms with E-state index in [1.807, 2.05) is 7.05 Å². The second-order valence-electron chi connectivity index (χ2n) is 8.47. The molecule has 0 bridgehead atoms. The van der Waals surface area contributed by atoms with Gasteiger partial charge in [-0.1, -0.05) is 12.8 Å². The van der Waals surface area contributed by atoms with Gasteiger partial charge >= 0.3 is 23.4 Å². The van der Waals surface area contributed by atoms with E-state index in [1.54, 1.807) is 0 Å². The number of phosphoric acid groups is 2. The van der Waals surface area contributed by atoms with Crippen LogP contribution in [0.3, 0.4) is 0 Å². The molecule has 9 N–H and O–H groups in total. The van der Waals surface area contributed by atoms with Gasteiger partial charge in [-0.25, -0.2) is 33.7 Å². The molecule has 1 aliphatic heterocycles. The Balaban J connectivity index is 1.51. The first-order valence-corrected chi connectivity index (χ1v) is 16.2. The predicted octanol–water partition coefficient (Wildman–Crippen LogP) is -0.252. The molecule has 7 atom stereocenters. The van der Waals surface area contributed by atoms with Gasteiger partial charge in [-0.3, -0.25) is 9.09 Å². The van der Waals surface area contributed by atoms with Crippen LogP contribution >= 0.6 is 23.4 Å². The van der Waals surface area contributed by atoms with Gasteiger partial charge in [0, 0.05) is 6.54 Å². The molecule has 2 aromatic rings. The van der Waals surface area contributed by atoms with Crippen LogP contribution in [0.15, 0.2) is 12.7 Å². The van der Waals surface area contributed by atoms with Gasteiger partial charge < -0.3 is 40.7 Å². The second kappa shape index (κ2) is 13.5. The van der Waals surface area contributed by atoms with E-state index in [-0.39, 0.29) is 23.5 Å². The van der Waals surface area contributed by atoms with Crippen molar-refractivity contribution >= 4 is 40.4 Å². The Morgan fingerprint density at radius 2 is 1.69 bits per heavy atom. The van der Waals surface area contributed by atoms with Crippen LogP contribution in [0.25, 0.3) is 11.2 Å². The molecule has 0 amide bonds. The molecule has 222 valence electrons. The number of nitrogen functional groups attached to an aromatic ring is 1. The molecule has 39 heavy (non-hydrogen) atoms. The van der Waals surface area contributed by atoms with E-state index < -0.39 is 54.5 Å². The minimum atomic E-state index is -5.59. The van der Waals surface area contributed by atoms with Crippen LogP contribution in [-0.4, -0.2) is 89.5 Å². The number of aromatic nitrogens is 4. The molecule has 3 rings (SSSR count). The predicted molar refractivity (Wildman–Crippen MR) is 134 cm³/mol. The molecule has 0 aliphatic carbocycles. The number of nitrogens with zero attached hydrogens (tertiary/aromatic N) is 4. The average Bonchev–Trinajstić information content (AvgIpc) is 3.37. The number of ether oxygens (including phenoxy) is 1. The summed E-state index contributed by atoms with van der Waals surface area (Å²) in [5.41, 5.74) is 6.10. The fourth-order valence-corrected chi connectivity index (χ4v) is 7.40. The third kappa shape index (κ3) is 9.05. The maximum Gasteiger partial charge on any atom is 0.489 e. The summed E-state index contributed by atoms with van der Waals surface area (Å²) in [5, 5.41) is 25.8. The highest BCUT2D eigenvalue weighted by Crippen LogP contribution is 2.66. The van der Waals surface area contributed by atoms with Crippen molar-refractivity contribution in [1.82, 2.24) is 29.9 Å². The minimum Gasteiger partial charge on any atom is -0.387 e. The van der Waals surface area contributed by atoms with Gasteiger partial charge in [0.1, 0.15) is 30.2 Å². The topological polar surface area (TPSA) is 283 Å². The third-order valence-corrected chi connectivity index (χ3v) is 9.95. The maximum absolute atomic E-state index is 12.2. The maximum atomic E-state index is 12.2. The quantitative estimate of drug-likeness (QED) is 0.0887. The van der Waals surface area contributed by atoms with Gasteiger partial charge in [0.15, 0.2) is 17.7 Å². The summed E-state index contributed by atoms with van der Waals surface area (Å²) in [7, 11) is -14.1. The van der Waals surface area contributed by atoms with Crippen molar-refractivity contribution in [2.24, 2.45) is 0 Å². The lowest BCUT2D eigenvalue weighted by Gasteiger charge is -2.20. The Kier molecular flexibility index (Phi) is 11.1. The van der Waals surface area contributed by atoms with Crippen molar-refractivity contribution in [3.63, 3.8) is 0 Å². The summed E-state index contributed by atoms with van der Waals surface area (Å²) in [5.74, 6) is 0.0588. The number of nitrogens with two attached hydrogens (primary N) is 1. The molecule has 1 aliphatic rings. The fourth-order valence-electron chi connectivity index (χ4n) is 3.66. The molecule has 0 radical (unpaired) electrons. The van der Waals surface area contributed by atoms with E-state index in [1.165, 1.54) is 10.9 Å². The molecule has 3 unspecified atom stereocenters. The van der Waals surface area contributed by atoms with Crippen LogP contribution in [0, 0.1) is 0 Å². The number of aliphatic hydroxyl groups is 2. The summed E-state index contributed by atoms with van der Waals surface area (Å²) in [6.07, 6.45) is -0.616. The highest BCUT2D eigenvalue weighted by atomic mass is 31.3. The molecule has 19 nitrogen and oxygen atoms in total. The third-order valence-electron chi connectivity index (χ3n) is 5.49. The second-order valence-corrected chi connectivity index (χ2v) is 13.3. The van der Waals surface area contributed by atoms with Gasteiger partial charge in [-0.15, -0.1) is 0 Å². The number of unbranched alkanes of at least 4 members (excludes halogenated alkanes) is 3. The Labute approximate surface area is 222 Å². The standard InChI is InChI=1S/C17H32N7O12P3/c1-19-6-4-2-3-5-7-23-37(27,28)35-39(31,32)36-38(29,30)33-8-11-13(25)14(26)17(34-11)24-10-22-12-15(18)20-9-21-16(12)24/h9-11,13-14,17,19,25-26H,2-8H2,1H3,(H,29,30)(H,31,32)(H2,18,20,21)(H2,23,27,28)/t11-,13-,14-,17-/m1/s1. The van der Waals surface area contributed by atoms with Gasteiger partial charge in [0.05, 0.1) is 12.9 Å². The lowest BCUT2D eigenvalue weighted by Crippen LogP contribution is -2.33. The number of aliphatic hydroxyl groups excluding tert-OH is 2. The van der Waals surface area contributed by atoms with E-state index in [0.717, 1.165) is 25.7 Å². The monoisotopic (exact) mass is 619 g/mol. The lowest BCUT2D eigenvalue weighted by molar-refractivity contribution is -0.0503. The zero-order chi connectivity index (χ0) is 28.8. The van der Waals surface area contributed by atoms with Crippen molar-refractivity contribution in [3.8, 4) is 0 Å². The van der Waals surface area contributed by atoms with Gasteiger partial charge in [0.25, 0.3) is 0 Å². The first-order chi connectivity index (χ1) is 18.3. The molecular formula is C17H32N7O12P3. The highest BCUT2D eigenvalue weighted by Gasteiger charge is 2.47.